The Bertz CT molecular complexity index is 161. The van der Waals surface area contributed by atoms with Gasteiger partial charge in [-0.25, -0.2) is 4.79 Å². The van der Waals surface area contributed by atoms with Crippen LogP contribution >= 0.6 is 12.4 Å². The molecule has 0 radical (unpaired) electrons. The second kappa shape index (κ2) is 3.38. The number of aliphatic hydroxyl groups is 2. The van der Waals surface area contributed by atoms with Gasteiger partial charge in [-0.15, -0.1) is 12.4 Å². The topological polar surface area (TPSA) is 77.8 Å². The lowest BCUT2D eigenvalue weighted by molar-refractivity contribution is -0.158. The van der Waals surface area contributed by atoms with Crippen LogP contribution in [0.2, 0.25) is 0 Å². The van der Waals surface area contributed by atoms with Gasteiger partial charge in [0.2, 0.25) is 0 Å². The van der Waals surface area contributed by atoms with E-state index in [-0.39, 0.29) is 25.2 Å². The molecule has 0 aromatic rings. The maximum absolute atomic E-state index is 10.3. The third kappa shape index (κ3) is 2.05. The maximum atomic E-state index is 10.3. The zero-order valence-corrected chi connectivity index (χ0v) is 6.67. The van der Waals surface area contributed by atoms with Gasteiger partial charge < -0.3 is 15.3 Å². The van der Waals surface area contributed by atoms with Crippen LogP contribution < -0.4 is 0 Å². The summed E-state index contributed by atoms with van der Waals surface area (Å²) in [5, 5.41) is 26.5. The van der Waals surface area contributed by atoms with Crippen LogP contribution in [0.5, 0.6) is 0 Å². The molecule has 66 valence electrons. The van der Waals surface area contributed by atoms with Crippen LogP contribution in [-0.4, -0.2) is 33.0 Å². The fourth-order valence-electron chi connectivity index (χ4n) is 1.19. The molecule has 5 heteroatoms. The SMILES string of the molecule is Cl.O=C(O)[C@@]1(O)CCC(O)C1. The van der Waals surface area contributed by atoms with E-state index in [1.165, 1.54) is 0 Å². The molecule has 1 aliphatic rings. The zero-order valence-electron chi connectivity index (χ0n) is 5.86. The van der Waals surface area contributed by atoms with Crippen molar-refractivity contribution in [3.8, 4) is 0 Å². The van der Waals surface area contributed by atoms with Crippen LogP contribution in [0.25, 0.3) is 0 Å². The van der Waals surface area contributed by atoms with Gasteiger partial charge in [0.05, 0.1) is 6.10 Å². The van der Waals surface area contributed by atoms with Gasteiger partial charge in [0.25, 0.3) is 0 Å². The van der Waals surface area contributed by atoms with E-state index in [1.54, 1.807) is 0 Å². The number of hydrogen-bond donors (Lipinski definition) is 3. The fourth-order valence-corrected chi connectivity index (χ4v) is 1.19. The van der Waals surface area contributed by atoms with Crippen molar-refractivity contribution in [2.45, 2.75) is 31.0 Å². The molecule has 0 amide bonds. The van der Waals surface area contributed by atoms with Crippen molar-refractivity contribution in [2.24, 2.45) is 0 Å². The molecule has 0 aromatic heterocycles. The van der Waals surface area contributed by atoms with Crippen molar-refractivity contribution in [2.75, 3.05) is 0 Å². The van der Waals surface area contributed by atoms with Gasteiger partial charge in [0.1, 0.15) is 0 Å². The minimum Gasteiger partial charge on any atom is -0.479 e. The zero-order chi connectivity index (χ0) is 7.78. The molecule has 1 fully saturated rings. The normalized spacial score (nSPS) is 36.4. The molecule has 1 unspecified atom stereocenters. The van der Waals surface area contributed by atoms with Gasteiger partial charge in [-0.1, -0.05) is 0 Å². The molecule has 0 heterocycles. The van der Waals surface area contributed by atoms with Crippen molar-refractivity contribution in [1.29, 1.82) is 0 Å². The van der Waals surface area contributed by atoms with Gasteiger partial charge >= 0.3 is 5.97 Å². The Morgan fingerprint density at radius 3 is 2.27 bits per heavy atom. The van der Waals surface area contributed by atoms with Crippen LogP contribution in [0, 0.1) is 0 Å². The third-order valence-corrected chi connectivity index (χ3v) is 1.86. The molecule has 2 atom stereocenters. The number of carboxylic acids is 1. The molecule has 1 aliphatic carbocycles. The number of rotatable bonds is 1. The molecule has 0 aliphatic heterocycles. The predicted molar refractivity (Wildman–Crippen MR) is 39.7 cm³/mol. The quantitative estimate of drug-likeness (QED) is 0.524. The third-order valence-electron chi connectivity index (χ3n) is 1.86. The summed E-state index contributed by atoms with van der Waals surface area (Å²) in [5.41, 5.74) is -1.67. The Kier molecular flexibility index (Phi) is 3.29. The molecule has 3 N–H and O–H groups in total. The van der Waals surface area contributed by atoms with Crippen molar-refractivity contribution in [3.05, 3.63) is 0 Å². The maximum Gasteiger partial charge on any atom is 0.335 e. The summed E-state index contributed by atoms with van der Waals surface area (Å²) in [6.45, 7) is 0. The number of halogens is 1. The molecular weight excluding hydrogens is 172 g/mol. The monoisotopic (exact) mass is 182 g/mol. The number of hydrogen-bond acceptors (Lipinski definition) is 3. The highest BCUT2D eigenvalue weighted by Crippen LogP contribution is 2.29. The highest BCUT2D eigenvalue weighted by atomic mass is 35.5. The average molecular weight is 183 g/mol. The summed E-state index contributed by atoms with van der Waals surface area (Å²) in [6, 6.07) is 0. The Balaban J connectivity index is 0.000001000. The van der Waals surface area contributed by atoms with Crippen LogP contribution in [0.3, 0.4) is 0 Å². The molecular formula is C6H11ClO4. The van der Waals surface area contributed by atoms with E-state index in [0.29, 0.717) is 6.42 Å². The number of carboxylic acid groups (broad SMARTS) is 1. The van der Waals surface area contributed by atoms with E-state index >= 15 is 0 Å². The van der Waals surface area contributed by atoms with Gasteiger partial charge in [0, 0.05) is 6.42 Å². The van der Waals surface area contributed by atoms with E-state index in [0.717, 1.165) is 0 Å². The number of aliphatic carboxylic acids is 1. The van der Waals surface area contributed by atoms with Crippen LogP contribution in [-0.2, 0) is 4.79 Å². The minimum absolute atomic E-state index is 0. The largest absolute Gasteiger partial charge is 0.479 e. The first-order valence-electron chi connectivity index (χ1n) is 3.18. The first-order chi connectivity index (χ1) is 4.54. The van der Waals surface area contributed by atoms with E-state index in [1.807, 2.05) is 0 Å². The lowest BCUT2D eigenvalue weighted by Crippen LogP contribution is -2.35. The fraction of sp³-hybridized carbons (Fsp3) is 0.833. The van der Waals surface area contributed by atoms with Gasteiger partial charge in [-0.2, -0.15) is 0 Å². The molecule has 0 aromatic carbocycles. The van der Waals surface area contributed by atoms with Crippen molar-refractivity contribution in [1.82, 2.24) is 0 Å². The predicted octanol–water partition coefficient (Wildman–Crippen LogP) is -0.231. The average Bonchev–Trinajstić information content (AvgIpc) is 2.13. The molecule has 1 saturated carbocycles. The first kappa shape index (κ1) is 10.7. The van der Waals surface area contributed by atoms with E-state index < -0.39 is 17.7 Å². The Morgan fingerprint density at radius 1 is 1.55 bits per heavy atom. The molecule has 11 heavy (non-hydrogen) atoms. The summed E-state index contributed by atoms with van der Waals surface area (Å²) in [6.07, 6.45) is -0.157. The minimum atomic E-state index is -1.67. The molecule has 4 nitrogen and oxygen atoms in total. The smallest absolute Gasteiger partial charge is 0.335 e. The molecule has 0 spiro atoms. The Morgan fingerprint density at radius 2 is 2.09 bits per heavy atom. The Hall–Kier alpha value is -0.320. The van der Waals surface area contributed by atoms with E-state index in [2.05, 4.69) is 0 Å². The summed E-state index contributed by atoms with van der Waals surface area (Å²) in [5.74, 6) is -1.23. The van der Waals surface area contributed by atoms with Crippen LogP contribution in [0.1, 0.15) is 19.3 Å². The van der Waals surface area contributed by atoms with Gasteiger partial charge in [0.15, 0.2) is 5.60 Å². The summed E-state index contributed by atoms with van der Waals surface area (Å²) >= 11 is 0. The molecule has 0 saturated heterocycles. The highest BCUT2D eigenvalue weighted by Gasteiger charge is 2.43. The number of aliphatic hydroxyl groups excluding tert-OH is 1. The first-order valence-corrected chi connectivity index (χ1v) is 3.18. The van der Waals surface area contributed by atoms with Crippen LogP contribution in [0.15, 0.2) is 0 Å². The lowest BCUT2D eigenvalue weighted by Gasteiger charge is -2.14. The van der Waals surface area contributed by atoms with E-state index in [9.17, 15) is 9.90 Å². The second-order valence-electron chi connectivity index (χ2n) is 2.73. The summed E-state index contributed by atoms with van der Waals surface area (Å²) in [4.78, 5) is 10.3. The van der Waals surface area contributed by atoms with Crippen molar-refractivity contribution in [3.63, 3.8) is 0 Å². The number of carbonyl (C=O) groups is 1. The standard InChI is InChI=1S/C6H10O4.ClH/c7-4-1-2-6(10,3-4)5(8)9;/h4,7,10H,1-3H2,(H,8,9);1H/t4?,6-;/m1./s1. The van der Waals surface area contributed by atoms with Gasteiger partial charge in [-0.05, 0) is 12.8 Å². The lowest BCUT2D eigenvalue weighted by atomic mass is 10.0. The van der Waals surface area contributed by atoms with Gasteiger partial charge in [-0.3, -0.25) is 0 Å². The van der Waals surface area contributed by atoms with E-state index in [4.69, 9.17) is 10.2 Å². The molecule has 1 rings (SSSR count). The van der Waals surface area contributed by atoms with Crippen molar-refractivity contribution >= 4 is 18.4 Å². The second-order valence-corrected chi connectivity index (χ2v) is 2.73. The highest BCUT2D eigenvalue weighted by molar-refractivity contribution is 5.85. The summed E-state index contributed by atoms with van der Waals surface area (Å²) < 4.78 is 0. The van der Waals surface area contributed by atoms with Crippen molar-refractivity contribution < 1.29 is 20.1 Å². The van der Waals surface area contributed by atoms with Crippen LogP contribution in [0.4, 0.5) is 0 Å². The summed E-state index contributed by atoms with van der Waals surface area (Å²) in [7, 11) is 0. The molecule has 0 bridgehead atoms. The Labute approximate surface area is 70.3 Å².